The summed E-state index contributed by atoms with van der Waals surface area (Å²) in [4.78, 5) is 11.2. The van der Waals surface area contributed by atoms with Gasteiger partial charge < -0.3 is 47.4 Å². The van der Waals surface area contributed by atoms with Crippen molar-refractivity contribution < 1.29 is 52.2 Å². The van der Waals surface area contributed by atoms with Crippen LogP contribution < -0.4 is 0 Å². The summed E-state index contributed by atoms with van der Waals surface area (Å²) in [5, 5.41) is 0. The molecule has 0 aliphatic rings. The normalized spacial score (nSPS) is 18.2. The highest BCUT2D eigenvalue weighted by atomic mass is 16.6. The van der Waals surface area contributed by atoms with Gasteiger partial charge in [0.05, 0.1) is 108 Å². The van der Waals surface area contributed by atoms with Crippen molar-refractivity contribution in [2.24, 2.45) is 0 Å². The third kappa shape index (κ3) is 25.8. The van der Waals surface area contributed by atoms with E-state index < -0.39 is 5.97 Å². The second-order valence-electron chi connectivity index (χ2n) is 11.3. The van der Waals surface area contributed by atoms with Gasteiger partial charge in [-0.15, -0.1) is 0 Å². The molecule has 0 saturated heterocycles. The van der Waals surface area contributed by atoms with E-state index in [1.165, 1.54) is 0 Å². The Kier molecular flexibility index (Phi) is 25.4. The molecule has 11 heteroatoms. The maximum Gasteiger partial charge on any atom is 0.330 e. The van der Waals surface area contributed by atoms with Gasteiger partial charge in [-0.3, -0.25) is 0 Å². The average molecular weight is 623 g/mol. The fraction of sp³-hybridized carbons (Fsp3) is 0.906. The van der Waals surface area contributed by atoms with Gasteiger partial charge in [0.15, 0.2) is 0 Å². The van der Waals surface area contributed by atoms with Gasteiger partial charge in [-0.2, -0.15) is 0 Å². The summed E-state index contributed by atoms with van der Waals surface area (Å²) in [6.07, 6.45) is 0.246. The predicted octanol–water partition coefficient (Wildman–Crippen LogP) is 4.38. The summed E-state index contributed by atoms with van der Waals surface area (Å²) in [5.41, 5.74) is 0. The van der Waals surface area contributed by atoms with E-state index in [9.17, 15) is 4.79 Å². The van der Waals surface area contributed by atoms with Crippen LogP contribution in [0.3, 0.4) is 0 Å². The van der Waals surface area contributed by atoms with Crippen LogP contribution in [0.1, 0.15) is 69.2 Å². The highest BCUT2D eigenvalue weighted by Gasteiger charge is 2.15. The molecule has 0 aliphatic carbocycles. The smallest absolute Gasteiger partial charge is 0.330 e. The van der Waals surface area contributed by atoms with Gasteiger partial charge in [0.25, 0.3) is 0 Å². The van der Waals surface area contributed by atoms with Crippen molar-refractivity contribution in [1.82, 2.24) is 0 Å². The van der Waals surface area contributed by atoms with Gasteiger partial charge in [-0.05, 0) is 69.2 Å². The molecule has 0 fully saturated rings. The molecule has 0 N–H and O–H groups in total. The average Bonchev–Trinajstić information content (AvgIpc) is 2.98. The molecule has 256 valence electrons. The van der Waals surface area contributed by atoms with Gasteiger partial charge in [-0.1, -0.05) is 6.58 Å². The fourth-order valence-electron chi connectivity index (χ4n) is 3.35. The summed E-state index contributed by atoms with van der Waals surface area (Å²) in [6.45, 7) is 27.6. The SMILES string of the molecule is C=CC(=O)OC(C)COC(C)COC(C)COC(C)COC(C)COC(C)COC(C)COC(C)COC(C)COCC. The van der Waals surface area contributed by atoms with Crippen LogP contribution in [0.5, 0.6) is 0 Å². The lowest BCUT2D eigenvalue weighted by Gasteiger charge is -2.23. The van der Waals surface area contributed by atoms with E-state index in [4.69, 9.17) is 47.4 Å². The van der Waals surface area contributed by atoms with Crippen molar-refractivity contribution in [1.29, 1.82) is 0 Å². The highest BCUT2D eigenvalue weighted by Crippen LogP contribution is 2.06. The molecule has 0 heterocycles. The Bertz CT molecular complexity index is 680. The van der Waals surface area contributed by atoms with Gasteiger partial charge in [0, 0.05) is 12.7 Å². The molecule has 9 unspecified atom stereocenters. The minimum atomic E-state index is -0.464. The molecular formula is C32H62O11. The Morgan fingerprint density at radius 2 is 0.698 bits per heavy atom. The molecule has 0 amide bonds. The van der Waals surface area contributed by atoms with E-state index in [0.717, 1.165) is 6.08 Å². The zero-order chi connectivity index (χ0) is 32.6. The number of rotatable bonds is 29. The van der Waals surface area contributed by atoms with Gasteiger partial charge >= 0.3 is 5.97 Å². The van der Waals surface area contributed by atoms with Crippen LogP contribution >= 0.6 is 0 Å². The molecule has 0 aromatic heterocycles. The number of carbonyl (C=O) groups excluding carboxylic acids is 1. The van der Waals surface area contributed by atoms with Crippen molar-refractivity contribution in [3.8, 4) is 0 Å². The van der Waals surface area contributed by atoms with E-state index in [-0.39, 0.29) is 61.5 Å². The number of hydrogen-bond acceptors (Lipinski definition) is 11. The molecular weight excluding hydrogens is 560 g/mol. The molecule has 0 spiro atoms. The number of hydrogen-bond donors (Lipinski definition) is 0. The molecule has 0 rings (SSSR count). The van der Waals surface area contributed by atoms with E-state index in [2.05, 4.69) is 6.58 Å². The maximum atomic E-state index is 11.2. The molecule has 0 saturated carbocycles. The van der Waals surface area contributed by atoms with Gasteiger partial charge in [0.2, 0.25) is 0 Å². The van der Waals surface area contributed by atoms with Crippen molar-refractivity contribution in [2.75, 3.05) is 66.1 Å². The third-order valence-corrected chi connectivity index (χ3v) is 5.96. The Morgan fingerprint density at radius 1 is 0.465 bits per heavy atom. The molecule has 0 aliphatic heterocycles. The standard InChI is InChI=1S/C32H62O11/c1-12-32(33)43-31(11)22-42-30(10)21-41-29(9)20-40-28(8)19-39-27(7)18-38-26(6)17-37-25(5)16-36-24(4)15-35-23(3)14-34-13-2/h12,23-31H,1,13-22H2,2-11H3. The minimum Gasteiger partial charge on any atom is -0.457 e. The Balaban J connectivity index is 3.91. The highest BCUT2D eigenvalue weighted by molar-refractivity contribution is 5.81. The lowest BCUT2D eigenvalue weighted by molar-refractivity contribution is -0.147. The molecule has 43 heavy (non-hydrogen) atoms. The van der Waals surface area contributed by atoms with Crippen LogP contribution in [0.4, 0.5) is 0 Å². The van der Waals surface area contributed by atoms with Crippen molar-refractivity contribution in [2.45, 2.75) is 124 Å². The summed E-state index contributed by atoms with van der Waals surface area (Å²) >= 11 is 0. The van der Waals surface area contributed by atoms with Crippen LogP contribution in [-0.4, -0.2) is 127 Å². The topological polar surface area (TPSA) is 109 Å². The second-order valence-corrected chi connectivity index (χ2v) is 11.3. The van der Waals surface area contributed by atoms with Gasteiger partial charge in [0.1, 0.15) is 6.10 Å². The minimum absolute atomic E-state index is 0.0236. The fourth-order valence-corrected chi connectivity index (χ4v) is 3.35. The van der Waals surface area contributed by atoms with Gasteiger partial charge in [-0.25, -0.2) is 4.79 Å². The molecule has 0 bridgehead atoms. The maximum absolute atomic E-state index is 11.2. The van der Waals surface area contributed by atoms with Crippen LogP contribution in [-0.2, 0) is 52.2 Å². The van der Waals surface area contributed by atoms with Crippen molar-refractivity contribution in [3.63, 3.8) is 0 Å². The molecule has 0 radical (unpaired) electrons. The lowest BCUT2D eigenvalue weighted by Crippen LogP contribution is -2.30. The van der Waals surface area contributed by atoms with E-state index >= 15 is 0 Å². The number of carbonyl (C=O) groups is 1. The second kappa shape index (κ2) is 26.1. The van der Waals surface area contributed by atoms with E-state index in [1.54, 1.807) is 6.92 Å². The largest absolute Gasteiger partial charge is 0.457 e. The number of esters is 1. The van der Waals surface area contributed by atoms with Crippen molar-refractivity contribution >= 4 is 5.97 Å². The predicted molar refractivity (Wildman–Crippen MR) is 166 cm³/mol. The molecule has 9 atom stereocenters. The Hall–Kier alpha value is -1.15. The zero-order valence-electron chi connectivity index (χ0n) is 28.5. The molecule has 0 aromatic carbocycles. The van der Waals surface area contributed by atoms with Crippen LogP contribution in [0, 0.1) is 0 Å². The van der Waals surface area contributed by atoms with E-state index in [1.807, 2.05) is 62.3 Å². The molecule has 0 aromatic rings. The molecule has 11 nitrogen and oxygen atoms in total. The van der Waals surface area contributed by atoms with Crippen molar-refractivity contribution in [3.05, 3.63) is 12.7 Å². The third-order valence-electron chi connectivity index (χ3n) is 5.96. The first-order valence-corrected chi connectivity index (χ1v) is 15.7. The number of ether oxygens (including phenoxy) is 10. The van der Waals surface area contributed by atoms with Crippen LogP contribution in [0.15, 0.2) is 12.7 Å². The van der Waals surface area contributed by atoms with Crippen LogP contribution in [0.2, 0.25) is 0 Å². The summed E-state index contributed by atoms with van der Waals surface area (Å²) in [5.74, 6) is -0.464. The summed E-state index contributed by atoms with van der Waals surface area (Å²) in [7, 11) is 0. The first-order valence-electron chi connectivity index (χ1n) is 15.7. The summed E-state index contributed by atoms with van der Waals surface area (Å²) in [6, 6.07) is 0. The zero-order valence-corrected chi connectivity index (χ0v) is 28.5. The Labute approximate surface area is 261 Å². The Morgan fingerprint density at radius 3 is 0.930 bits per heavy atom. The summed E-state index contributed by atoms with van der Waals surface area (Å²) < 4.78 is 57.0. The van der Waals surface area contributed by atoms with Crippen LogP contribution in [0.25, 0.3) is 0 Å². The first kappa shape index (κ1) is 41.9. The monoisotopic (exact) mass is 622 g/mol. The van der Waals surface area contributed by atoms with E-state index in [0.29, 0.717) is 59.5 Å². The lowest BCUT2D eigenvalue weighted by atomic mass is 10.3. The quantitative estimate of drug-likeness (QED) is 0.0876. The first-order chi connectivity index (χ1) is 20.4.